The molecule has 6 aromatic carbocycles. The summed E-state index contributed by atoms with van der Waals surface area (Å²) in [4.78, 5) is 14.1. The average molecular weight is 588 g/mol. The van der Waals surface area contributed by atoms with E-state index in [2.05, 4.69) is 0 Å². The van der Waals surface area contributed by atoms with Crippen LogP contribution in [0.2, 0.25) is 0 Å². The van der Waals surface area contributed by atoms with E-state index in [0.717, 1.165) is 20.2 Å². The third-order valence-corrected chi connectivity index (χ3v) is 8.88. The maximum absolute atomic E-state index is 9.40. The molecule has 0 aliphatic heterocycles. The molecule has 9 rings (SSSR count). The molecule has 0 unspecified atom stereocenters. The van der Waals surface area contributed by atoms with E-state index >= 15 is 0 Å². The van der Waals surface area contributed by atoms with Crippen molar-refractivity contribution >= 4 is 53.4 Å². The first kappa shape index (κ1) is 19.5. The van der Waals surface area contributed by atoms with Crippen molar-refractivity contribution < 1.29 is 12.6 Å². The van der Waals surface area contributed by atoms with E-state index in [-0.39, 0.29) is 69.6 Å². The quantitative estimate of drug-likeness (QED) is 0.205. The first-order valence-corrected chi connectivity index (χ1v) is 14.9. The molecule has 0 aliphatic carbocycles. The zero-order chi connectivity index (χ0) is 34.3. The minimum absolute atomic E-state index is 0.0183. The van der Waals surface area contributed by atoms with Gasteiger partial charge in [-0.2, -0.15) is 0 Å². The van der Waals surface area contributed by atoms with Gasteiger partial charge in [0.25, 0.3) is 0 Å². The predicted molar refractivity (Wildman–Crippen MR) is 182 cm³/mol. The summed E-state index contributed by atoms with van der Waals surface area (Å²) in [5.41, 5.74) is 2.46. The highest BCUT2D eigenvalue weighted by molar-refractivity contribution is 7.26. The summed E-state index contributed by atoms with van der Waals surface area (Å²) in [6.07, 6.45) is 0. The van der Waals surface area contributed by atoms with Crippen LogP contribution in [0.15, 0.2) is 144 Å². The average Bonchev–Trinajstić information content (AvgIpc) is 3.74. The van der Waals surface area contributed by atoms with Crippen molar-refractivity contribution in [2.24, 2.45) is 0 Å². The molecule has 0 aliphatic rings. The highest BCUT2D eigenvalue weighted by Gasteiger charge is 2.18. The second kappa shape index (κ2) is 9.97. The van der Waals surface area contributed by atoms with Crippen LogP contribution >= 0.6 is 11.3 Å². The van der Waals surface area contributed by atoms with Crippen LogP contribution in [0, 0.1) is 0 Å². The van der Waals surface area contributed by atoms with E-state index in [0.29, 0.717) is 33.9 Å². The number of thiophene rings is 1. The summed E-state index contributed by atoms with van der Waals surface area (Å²) in [7, 11) is 0. The van der Waals surface area contributed by atoms with Crippen molar-refractivity contribution in [2.45, 2.75) is 0 Å². The van der Waals surface area contributed by atoms with Crippen molar-refractivity contribution in [1.29, 1.82) is 0 Å². The van der Waals surface area contributed by atoms with Gasteiger partial charge < -0.3 is 4.42 Å². The lowest BCUT2D eigenvalue weighted by Gasteiger charge is -2.08. The van der Waals surface area contributed by atoms with Crippen molar-refractivity contribution in [2.75, 3.05) is 0 Å². The van der Waals surface area contributed by atoms with Gasteiger partial charge in [0.05, 0.1) is 8.22 Å². The molecule has 0 bridgehead atoms. The van der Waals surface area contributed by atoms with E-state index in [1.165, 1.54) is 0 Å². The molecule has 5 heteroatoms. The van der Waals surface area contributed by atoms with Crippen molar-refractivity contribution in [1.82, 2.24) is 15.0 Å². The lowest BCUT2D eigenvalue weighted by atomic mass is 10.00. The molecule has 0 N–H and O–H groups in total. The Hall–Kier alpha value is -5.65. The molecular formula is C39H23N3OS. The molecule has 3 heterocycles. The van der Waals surface area contributed by atoms with Crippen LogP contribution in [0.1, 0.15) is 8.22 Å². The van der Waals surface area contributed by atoms with Gasteiger partial charge in [-0.05, 0) is 18.2 Å². The van der Waals surface area contributed by atoms with Gasteiger partial charge >= 0.3 is 0 Å². The standard InChI is InChI=1S/C39H23N3OS/c1-3-11-24(12-4-1)37-40-38(25-13-5-2-6-14-25)42-39(41-37)26-21-22-27-29-16-9-17-30(35(29)43-33(27)23-26)32-19-10-18-31-28-15-7-8-20-34(28)44-36(31)32/h1-23H/i9D,16D,17D,21D,22D,23D. The number of hydrogen-bond acceptors (Lipinski definition) is 5. The second-order valence-electron chi connectivity index (χ2n) is 10.3. The second-order valence-corrected chi connectivity index (χ2v) is 11.4. The van der Waals surface area contributed by atoms with Gasteiger partial charge in [0.2, 0.25) is 0 Å². The normalized spacial score (nSPS) is 13.5. The zero-order valence-corrected chi connectivity index (χ0v) is 23.8. The Morgan fingerprint density at radius 1 is 0.523 bits per heavy atom. The SMILES string of the molecule is [2H]c1c([2H])c([2H])c2c(oc3c([2H])c(-c4nc(-c5ccccc5)nc(-c5ccccc5)n4)c([2H])c([2H])c32)c1-c1cccc2c1sc1ccccc12. The Labute approximate surface area is 265 Å². The third kappa shape index (κ3) is 4.02. The topological polar surface area (TPSA) is 51.8 Å². The summed E-state index contributed by atoms with van der Waals surface area (Å²) < 4.78 is 63.0. The van der Waals surface area contributed by atoms with Crippen LogP contribution < -0.4 is 0 Å². The van der Waals surface area contributed by atoms with Gasteiger partial charge in [0.1, 0.15) is 11.2 Å². The number of rotatable bonds is 4. The molecule has 206 valence electrons. The van der Waals surface area contributed by atoms with E-state index < -0.39 is 0 Å². The highest BCUT2D eigenvalue weighted by atomic mass is 32.1. The summed E-state index contributed by atoms with van der Waals surface area (Å²) in [6.45, 7) is 0. The van der Waals surface area contributed by atoms with E-state index in [4.69, 9.17) is 23.5 Å². The van der Waals surface area contributed by atoms with Gasteiger partial charge in [-0.1, -0.05) is 121 Å². The number of fused-ring (bicyclic) bond motifs is 6. The van der Waals surface area contributed by atoms with Gasteiger partial charge in [-0.3, -0.25) is 0 Å². The number of nitrogens with zero attached hydrogens (tertiary/aromatic N) is 3. The zero-order valence-electron chi connectivity index (χ0n) is 29.0. The van der Waals surface area contributed by atoms with Crippen LogP contribution in [-0.4, -0.2) is 15.0 Å². The lowest BCUT2D eigenvalue weighted by Crippen LogP contribution is -2.00. The molecule has 0 saturated heterocycles. The van der Waals surface area contributed by atoms with E-state index in [9.17, 15) is 4.11 Å². The van der Waals surface area contributed by atoms with Crippen LogP contribution in [0.4, 0.5) is 0 Å². The first-order chi connectivity index (χ1) is 24.3. The fourth-order valence-corrected chi connectivity index (χ4v) is 6.80. The molecule has 0 saturated carbocycles. The molecule has 0 atom stereocenters. The molecule has 0 amide bonds. The van der Waals surface area contributed by atoms with Crippen molar-refractivity contribution in [3.05, 3.63) is 139 Å². The molecular weight excluding hydrogens is 559 g/mol. The Balaban J connectivity index is 1.36. The summed E-state index contributed by atoms with van der Waals surface area (Å²) in [5.74, 6) is 0.718. The van der Waals surface area contributed by atoms with Crippen LogP contribution in [-0.2, 0) is 0 Å². The van der Waals surface area contributed by atoms with E-state index in [1.807, 2.05) is 103 Å². The molecule has 0 radical (unpaired) electrons. The van der Waals surface area contributed by atoms with Crippen molar-refractivity contribution in [3.63, 3.8) is 0 Å². The van der Waals surface area contributed by atoms with Crippen LogP contribution in [0.25, 0.3) is 87.4 Å². The number of aromatic nitrogens is 3. The minimum atomic E-state index is -0.327. The maximum Gasteiger partial charge on any atom is 0.164 e. The van der Waals surface area contributed by atoms with Gasteiger partial charge in [-0.25, -0.2) is 15.0 Å². The minimum Gasteiger partial charge on any atom is -0.455 e. The number of benzene rings is 6. The smallest absolute Gasteiger partial charge is 0.164 e. The molecule has 0 spiro atoms. The Morgan fingerprint density at radius 2 is 1.18 bits per heavy atom. The largest absolute Gasteiger partial charge is 0.455 e. The lowest BCUT2D eigenvalue weighted by molar-refractivity contribution is 0.670. The van der Waals surface area contributed by atoms with Crippen LogP contribution in [0.3, 0.4) is 0 Å². The maximum atomic E-state index is 9.40. The Kier molecular flexibility index (Phi) is 4.42. The number of hydrogen-bond donors (Lipinski definition) is 0. The summed E-state index contributed by atoms with van der Waals surface area (Å²) >= 11 is 1.57. The molecule has 9 aromatic rings. The van der Waals surface area contributed by atoms with E-state index in [1.54, 1.807) is 11.3 Å². The molecule has 4 nitrogen and oxygen atoms in total. The molecule has 44 heavy (non-hydrogen) atoms. The monoisotopic (exact) mass is 587 g/mol. The predicted octanol–water partition coefficient (Wildman–Crippen LogP) is 10.8. The van der Waals surface area contributed by atoms with Gasteiger partial charge in [0.15, 0.2) is 17.5 Å². The van der Waals surface area contributed by atoms with Gasteiger partial charge in [-0.15, -0.1) is 11.3 Å². The first-order valence-electron chi connectivity index (χ1n) is 17.1. The van der Waals surface area contributed by atoms with Crippen LogP contribution in [0.5, 0.6) is 0 Å². The fraction of sp³-hybridized carbons (Fsp3) is 0. The number of para-hydroxylation sites is 1. The summed E-state index contributed by atoms with van der Waals surface area (Å²) in [5, 5.41) is 2.25. The molecule has 3 aromatic heterocycles. The highest BCUT2D eigenvalue weighted by Crippen LogP contribution is 2.43. The number of furan rings is 1. The van der Waals surface area contributed by atoms with Gasteiger partial charge in [0, 0.05) is 58.8 Å². The van der Waals surface area contributed by atoms with Crippen molar-refractivity contribution in [3.8, 4) is 45.3 Å². The Bertz CT molecular complexity index is 2780. The molecule has 0 fully saturated rings. The summed E-state index contributed by atoms with van der Waals surface area (Å²) in [6, 6.07) is 30.8. The fourth-order valence-electron chi connectivity index (χ4n) is 5.58. The third-order valence-electron chi connectivity index (χ3n) is 7.66. The Morgan fingerprint density at radius 3 is 1.93 bits per heavy atom.